The third-order valence-electron chi connectivity index (χ3n) is 3.23. The molecule has 0 aliphatic heterocycles. The third kappa shape index (κ3) is 3.11. The largest absolute Gasteiger partial charge is 0.503 e. The lowest BCUT2D eigenvalue weighted by atomic mass is 10.0. The molecule has 0 atom stereocenters. The van der Waals surface area contributed by atoms with Crippen molar-refractivity contribution in [1.29, 1.82) is 0 Å². The highest BCUT2D eigenvalue weighted by molar-refractivity contribution is 7.71. The Balaban J connectivity index is 2.51. The Labute approximate surface area is 131 Å². The number of aromatic hydroxyl groups is 1. The number of ether oxygens (including phenoxy) is 1. The van der Waals surface area contributed by atoms with Gasteiger partial charge in [0.1, 0.15) is 0 Å². The lowest BCUT2D eigenvalue weighted by Gasteiger charge is -2.11. The number of nitrogens with one attached hydrogen (secondary N) is 2. The molecule has 2 rings (SSSR count). The summed E-state index contributed by atoms with van der Waals surface area (Å²) in [7, 11) is 1.45. The Kier molecular flexibility index (Phi) is 4.69. The smallest absolute Gasteiger partial charge is 0.255 e. The van der Waals surface area contributed by atoms with Crippen molar-refractivity contribution in [2.75, 3.05) is 7.11 Å². The molecule has 1 aromatic carbocycles. The van der Waals surface area contributed by atoms with Gasteiger partial charge in [0.15, 0.2) is 16.3 Å². The minimum atomic E-state index is -0.248. The molecule has 7 heteroatoms. The van der Waals surface area contributed by atoms with Crippen molar-refractivity contribution in [3.8, 4) is 11.5 Å². The average Bonchev–Trinajstić information content (AvgIpc) is 2.46. The minimum absolute atomic E-state index is 0.130. The van der Waals surface area contributed by atoms with Crippen LogP contribution in [-0.4, -0.2) is 22.2 Å². The van der Waals surface area contributed by atoms with Crippen LogP contribution in [0.1, 0.15) is 23.7 Å². The van der Waals surface area contributed by atoms with E-state index in [4.69, 9.17) is 28.6 Å². The van der Waals surface area contributed by atoms with Crippen LogP contribution in [0.4, 0.5) is 0 Å². The van der Waals surface area contributed by atoms with Crippen molar-refractivity contribution < 1.29 is 9.84 Å². The molecule has 1 heterocycles. The molecule has 0 fully saturated rings. The quantitative estimate of drug-likeness (QED) is 0.755. The fourth-order valence-corrected chi connectivity index (χ4v) is 2.57. The van der Waals surface area contributed by atoms with E-state index in [1.54, 1.807) is 12.1 Å². The number of hydrogen-bond acceptors (Lipinski definition) is 4. The van der Waals surface area contributed by atoms with Gasteiger partial charge in [-0.2, -0.15) is 0 Å². The molecule has 112 valence electrons. The molecule has 0 saturated heterocycles. The van der Waals surface area contributed by atoms with E-state index >= 15 is 0 Å². The number of aromatic amines is 2. The standard InChI is InChI=1S/C14H15ClN2O3S/c1-3-9-8(13(19)17-14(21)16-9)6-7-4-5-10(20-2)12(18)11(7)15/h4-5,18H,3,6H2,1-2H3,(H2,16,17,19,21). The zero-order valence-electron chi connectivity index (χ0n) is 11.6. The molecular formula is C14H15ClN2O3S. The van der Waals surface area contributed by atoms with Crippen LogP contribution in [0.3, 0.4) is 0 Å². The number of halogens is 1. The van der Waals surface area contributed by atoms with Crippen LogP contribution in [0.5, 0.6) is 11.5 Å². The molecule has 0 radical (unpaired) electrons. The van der Waals surface area contributed by atoms with Crippen molar-refractivity contribution in [3.05, 3.63) is 49.1 Å². The highest BCUT2D eigenvalue weighted by Gasteiger charge is 2.15. The van der Waals surface area contributed by atoms with Crippen LogP contribution in [0, 0.1) is 4.77 Å². The van der Waals surface area contributed by atoms with Crippen LogP contribution in [-0.2, 0) is 12.8 Å². The van der Waals surface area contributed by atoms with Crippen molar-refractivity contribution in [1.82, 2.24) is 9.97 Å². The van der Waals surface area contributed by atoms with Gasteiger partial charge >= 0.3 is 0 Å². The van der Waals surface area contributed by atoms with Gasteiger partial charge in [-0.15, -0.1) is 0 Å². The van der Waals surface area contributed by atoms with Gasteiger partial charge in [0, 0.05) is 17.7 Å². The Morgan fingerprint density at radius 3 is 2.71 bits per heavy atom. The zero-order valence-corrected chi connectivity index (χ0v) is 13.2. The molecule has 0 spiro atoms. The summed E-state index contributed by atoms with van der Waals surface area (Å²) in [5.41, 5.74) is 1.70. The Morgan fingerprint density at radius 1 is 1.38 bits per heavy atom. The number of methoxy groups -OCH3 is 1. The van der Waals surface area contributed by atoms with Crippen LogP contribution in [0.2, 0.25) is 5.02 Å². The molecule has 0 bridgehead atoms. The molecule has 0 saturated carbocycles. The van der Waals surface area contributed by atoms with Crippen molar-refractivity contribution in [2.24, 2.45) is 0 Å². The molecule has 0 aliphatic rings. The summed E-state index contributed by atoms with van der Waals surface area (Å²) >= 11 is 11.1. The monoisotopic (exact) mass is 326 g/mol. The van der Waals surface area contributed by atoms with E-state index in [2.05, 4.69) is 9.97 Å². The fraction of sp³-hybridized carbons (Fsp3) is 0.286. The van der Waals surface area contributed by atoms with E-state index in [1.165, 1.54) is 7.11 Å². The first-order chi connectivity index (χ1) is 9.97. The first-order valence-corrected chi connectivity index (χ1v) is 7.15. The number of rotatable bonds is 4. The van der Waals surface area contributed by atoms with Gasteiger partial charge in [0.2, 0.25) is 0 Å². The summed E-state index contributed by atoms with van der Waals surface area (Å²) in [6.45, 7) is 1.93. The minimum Gasteiger partial charge on any atom is -0.503 e. The Morgan fingerprint density at radius 2 is 2.10 bits per heavy atom. The number of phenols is 1. The highest BCUT2D eigenvalue weighted by Crippen LogP contribution is 2.36. The van der Waals surface area contributed by atoms with E-state index in [0.717, 1.165) is 5.69 Å². The van der Waals surface area contributed by atoms with Crippen molar-refractivity contribution >= 4 is 23.8 Å². The first-order valence-electron chi connectivity index (χ1n) is 6.36. The summed E-state index contributed by atoms with van der Waals surface area (Å²) < 4.78 is 5.29. The van der Waals surface area contributed by atoms with Gasteiger partial charge in [0.05, 0.1) is 12.1 Å². The molecular weight excluding hydrogens is 312 g/mol. The molecule has 21 heavy (non-hydrogen) atoms. The van der Waals surface area contributed by atoms with Crippen molar-refractivity contribution in [2.45, 2.75) is 19.8 Å². The van der Waals surface area contributed by atoms with Gasteiger partial charge < -0.3 is 14.8 Å². The lowest BCUT2D eigenvalue weighted by Crippen LogP contribution is -2.18. The van der Waals surface area contributed by atoms with Gasteiger partial charge in [-0.05, 0) is 30.3 Å². The predicted octanol–water partition coefficient (Wildman–Crippen LogP) is 2.95. The second-order valence-corrected chi connectivity index (χ2v) is 5.27. The van der Waals surface area contributed by atoms with Gasteiger partial charge in [-0.3, -0.25) is 9.78 Å². The summed E-state index contributed by atoms with van der Waals surface area (Å²) in [5.74, 6) is 0.163. The van der Waals surface area contributed by atoms with Gasteiger partial charge in [0.25, 0.3) is 5.56 Å². The van der Waals surface area contributed by atoms with E-state index in [9.17, 15) is 9.90 Å². The van der Waals surface area contributed by atoms with E-state index in [-0.39, 0.29) is 16.3 Å². The first kappa shape index (κ1) is 15.6. The van der Waals surface area contributed by atoms with Crippen LogP contribution in [0.15, 0.2) is 16.9 Å². The highest BCUT2D eigenvalue weighted by atomic mass is 35.5. The van der Waals surface area contributed by atoms with Crippen LogP contribution in [0.25, 0.3) is 0 Å². The second kappa shape index (κ2) is 6.32. The summed E-state index contributed by atoms with van der Waals surface area (Å²) in [6.07, 6.45) is 0.934. The Hall–Kier alpha value is -1.79. The number of benzene rings is 1. The maximum Gasteiger partial charge on any atom is 0.255 e. The maximum absolute atomic E-state index is 12.1. The number of aromatic nitrogens is 2. The normalized spacial score (nSPS) is 10.6. The fourth-order valence-electron chi connectivity index (χ4n) is 2.13. The number of H-pyrrole nitrogens is 2. The molecule has 0 amide bonds. The predicted molar refractivity (Wildman–Crippen MR) is 84.1 cm³/mol. The topological polar surface area (TPSA) is 78.1 Å². The van der Waals surface area contributed by atoms with Crippen molar-refractivity contribution in [3.63, 3.8) is 0 Å². The molecule has 0 unspecified atom stereocenters. The molecule has 2 aromatic rings. The van der Waals surface area contributed by atoms with Crippen LogP contribution < -0.4 is 10.3 Å². The summed E-state index contributed by atoms with van der Waals surface area (Å²) in [5, 5.41) is 10.1. The molecule has 1 aromatic heterocycles. The van der Waals surface area contributed by atoms with E-state index in [0.29, 0.717) is 34.5 Å². The number of aryl methyl sites for hydroxylation is 1. The van der Waals surface area contributed by atoms with E-state index in [1.807, 2.05) is 6.92 Å². The Bertz CT molecular complexity index is 783. The van der Waals surface area contributed by atoms with Gasteiger partial charge in [-0.25, -0.2) is 0 Å². The molecule has 0 aliphatic carbocycles. The number of hydrogen-bond donors (Lipinski definition) is 3. The third-order valence-corrected chi connectivity index (χ3v) is 3.86. The number of phenolic OH excluding ortho intramolecular Hbond substituents is 1. The lowest BCUT2D eigenvalue weighted by molar-refractivity contribution is 0.373. The molecule has 5 nitrogen and oxygen atoms in total. The second-order valence-electron chi connectivity index (χ2n) is 4.49. The summed E-state index contributed by atoms with van der Waals surface area (Å²) in [6, 6.07) is 3.34. The molecule has 3 N–H and O–H groups in total. The van der Waals surface area contributed by atoms with Crippen LogP contribution >= 0.6 is 23.8 Å². The van der Waals surface area contributed by atoms with Gasteiger partial charge in [-0.1, -0.05) is 24.6 Å². The zero-order chi connectivity index (χ0) is 15.6. The van der Waals surface area contributed by atoms with E-state index < -0.39 is 0 Å². The summed E-state index contributed by atoms with van der Waals surface area (Å²) in [4.78, 5) is 17.6. The SMILES string of the molecule is CCc1[nH]c(=S)[nH]c(=O)c1Cc1ccc(OC)c(O)c1Cl. The maximum atomic E-state index is 12.1. The average molecular weight is 327 g/mol.